The van der Waals surface area contributed by atoms with Crippen LogP contribution in [0.1, 0.15) is 31.7 Å². The maximum atomic E-state index is 12.2. The van der Waals surface area contributed by atoms with Crippen molar-refractivity contribution in [3.8, 4) is 0 Å². The number of sulfonamides is 1. The van der Waals surface area contributed by atoms with Gasteiger partial charge in [0, 0.05) is 18.0 Å². The van der Waals surface area contributed by atoms with Crippen LogP contribution in [-0.2, 0) is 10.0 Å². The van der Waals surface area contributed by atoms with Crippen LogP contribution in [0.3, 0.4) is 0 Å². The third kappa shape index (κ3) is 3.72. The normalized spacial score (nSPS) is 12.9. The Morgan fingerprint density at radius 2 is 1.81 bits per heavy atom. The van der Waals surface area contributed by atoms with Crippen LogP contribution in [0.5, 0.6) is 0 Å². The molecule has 0 spiro atoms. The van der Waals surface area contributed by atoms with Gasteiger partial charge >= 0.3 is 0 Å². The van der Waals surface area contributed by atoms with Gasteiger partial charge in [0.25, 0.3) is 10.0 Å². The predicted molar refractivity (Wildman–Crippen MR) is 83.0 cm³/mol. The monoisotopic (exact) mass is 306 g/mol. The van der Waals surface area contributed by atoms with E-state index in [1.807, 2.05) is 12.1 Å². The Kier molecular flexibility index (Phi) is 4.47. The van der Waals surface area contributed by atoms with Crippen LogP contribution in [-0.4, -0.2) is 13.4 Å². The lowest BCUT2D eigenvalue weighted by Gasteiger charge is -2.11. The molecule has 2 N–H and O–H groups in total. The first-order valence-corrected chi connectivity index (χ1v) is 8.22. The number of aromatic nitrogens is 1. The van der Waals surface area contributed by atoms with Crippen LogP contribution >= 0.6 is 0 Å². The first-order chi connectivity index (χ1) is 9.92. The molecule has 2 rings (SSSR count). The van der Waals surface area contributed by atoms with Crippen molar-refractivity contribution >= 4 is 15.7 Å². The van der Waals surface area contributed by atoms with Crippen LogP contribution < -0.4 is 10.3 Å². The van der Waals surface area contributed by atoms with E-state index in [0.717, 1.165) is 6.42 Å². The Bertz CT molecular complexity index is 744. The van der Waals surface area contributed by atoms with E-state index in [1.54, 1.807) is 12.1 Å². The SMILES string of the molecule is CCC(C)c1ccc(NS(=O)(=O)c2ccc(=O)[nH]c2)cc1. The second kappa shape index (κ2) is 6.13. The second-order valence-corrected chi connectivity index (χ2v) is 6.61. The van der Waals surface area contributed by atoms with Gasteiger partial charge in [-0.25, -0.2) is 8.42 Å². The number of anilines is 1. The van der Waals surface area contributed by atoms with Crippen molar-refractivity contribution in [3.05, 3.63) is 58.5 Å². The van der Waals surface area contributed by atoms with Crippen molar-refractivity contribution < 1.29 is 8.42 Å². The standard InChI is InChI=1S/C15H18N2O3S/c1-3-11(2)12-4-6-13(7-5-12)17-21(19,20)14-8-9-15(18)16-10-14/h4-11,17H,3H2,1-2H3,(H,16,18). The summed E-state index contributed by atoms with van der Waals surface area (Å²) in [5, 5.41) is 0. The molecule has 0 fully saturated rings. The van der Waals surface area contributed by atoms with E-state index in [1.165, 1.54) is 23.9 Å². The highest BCUT2D eigenvalue weighted by atomic mass is 32.2. The van der Waals surface area contributed by atoms with Gasteiger partial charge in [-0.1, -0.05) is 26.0 Å². The molecule has 2 aromatic rings. The van der Waals surface area contributed by atoms with Crippen molar-refractivity contribution in [1.29, 1.82) is 0 Å². The van der Waals surface area contributed by atoms with Crippen LogP contribution in [0.25, 0.3) is 0 Å². The van der Waals surface area contributed by atoms with Gasteiger partial charge in [0.1, 0.15) is 4.90 Å². The van der Waals surface area contributed by atoms with Gasteiger partial charge in [-0.05, 0) is 36.1 Å². The summed E-state index contributed by atoms with van der Waals surface area (Å²) >= 11 is 0. The quantitative estimate of drug-likeness (QED) is 0.891. The molecule has 0 aliphatic heterocycles. The molecule has 1 aromatic carbocycles. The van der Waals surface area contributed by atoms with Crippen molar-refractivity contribution in [3.63, 3.8) is 0 Å². The molecular weight excluding hydrogens is 288 g/mol. The molecule has 1 heterocycles. The zero-order chi connectivity index (χ0) is 15.5. The van der Waals surface area contributed by atoms with Gasteiger partial charge in [-0.2, -0.15) is 0 Å². The molecule has 1 atom stereocenters. The zero-order valence-electron chi connectivity index (χ0n) is 12.0. The average molecular weight is 306 g/mol. The van der Waals surface area contributed by atoms with Gasteiger partial charge in [0.15, 0.2) is 0 Å². The molecule has 21 heavy (non-hydrogen) atoms. The van der Waals surface area contributed by atoms with E-state index < -0.39 is 10.0 Å². The molecule has 0 radical (unpaired) electrons. The first-order valence-electron chi connectivity index (χ1n) is 6.74. The molecule has 0 aliphatic carbocycles. The number of benzene rings is 1. The van der Waals surface area contributed by atoms with Gasteiger partial charge in [0.2, 0.25) is 5.56 Å². The molecule has 1 aromatic heterocycles. The topological polar surface area (TPSA) is 79.0 Å². The van der Waals surface area contributed by atoms with Gasteiger partial charge in [-0.3, -0.25) is 9.52 Å². The summed E-state index contributed by atoms with van der Waals surface area (Å²) in [5.74, 6) is 0.440. The Hall–Kier alpha value is -2.08. The van der Waals surface area contributed by atoms with Crippen molar-refractivity contribution in [1.82, 2.24) is 4.98 Å². The fourth-order valence-electron chi connectivity index (χ4n) is 1.89. The molecule has 0 saturated heterocycles. The maximum absolute atomic E-state index is 12.2. The summed E-state index contributed by atoms with van der Waals surface area (Å²) in [4.78, 5) is 13.3. The summed E-state index contributed by atoms with van der Waals surface area (Å²) in [6.45, 7) is 4.23. The van der Waals surface area contributed by atoms with Gasteiger partial charge in [-0.15, -0.1) is 0 Å². The van der Waals surface area contributed by atoms with Crippen LogP contribution in [0.4, 0.5) is 5.69 Å². The largest absolute Gasteiger partial charge is 0.328 e. The van der Waals surface area contributed by atoms with Crippen molar-refractivity contribution in [2.75, 3.05) is 4.72 Å². The Morgan fingerprint density at radius 1 is 1.14 bits per heavy atom. The highest BCUT2D eigenvalue weighted by Gasteiger charge is 2.14. The van der Waals surface area contributed by atoms with E-state index in [0.29, 0.717) is 11.6 Å². The Balaban J connectivity index is 2.20. The smallest absolute Gasteiger partial charge is 0.263 e. The molecule has 0 bridgehead atoms. The first kappa shape index (κ1) is 15.3. The highest BCUT2D eigenvalue weighted by Crippen LogP contribution is 2.21. The van der Waals surface area contributed by atoms with Crippen molar-refractivity contribution in [2.45, 2.75) is 31.1 Å². The fourth-order valence-corrected chi connectivity index (χ4v) is 2.92. The fraction of sp³-hybridized carbons (Fsp3) is 0.267. The molecule has 6 heteroatoms. The number of nitrogens with one attached hydrogen (secondary N) is 2. The molecule has 0 aliphatic rings. The number of H-pyrrole nitrogens is 1. The summed E-state index contributed by atoms with van der Waals surface area (Å²) in [5.41, 5.74) is 1.32. The van der Waals surface area contributed by atoms with Crippen LogP contribution in [0.2, 0.25) is 0 Å². The second-order valence-electron chi connectivity index (χ2n) is 4.93. The van der Waals surface area contributed by atoms with Gasteiger partial charge < -0.3 is 4.98 Å². The van der Waals surface area contributed by atoms with Crippen LogP contribution in [0, 0.1) is 0 Å². The summed E-state index contributed by atoms with van der Waals surface area (Å²) in [6.07, 6.45) is 2.21. The number of rotatable bonds is 5. The van der Waals surface area contributed by atoms with E-state index in [2.05, 4.69) is 23.6 Å². The van der Waals surface area contributed by atoms with E-state index in [4.69, 9.17) is 0 Å². The third-order valence-electron chi connectivity index (χ3n) is 3.41. The maximum Gasteiger partial charge on any atom is 0.263 e. The Morgan fingerprint density at radius 3 is 2.33 bits per heavy atom. The number of hydrogen-bond donors (Lipinski definition) is 2. The predicted octanol–water partition coefficient (Wildman–Crippen LogP) is 2.69. The van der Waals surface area contributed by atoms with E-state index >= 15 is 0 Å². The van der Waals surface area contributed by atoms with Crippen LogP contribution in [0.15, 0.2) is 52.3 Å². The highest BCUT2D eigenvalue weighted by molar-refractivity contribution is 7.92. The summed E-state index contributed by atoms with van der Waals surface area (Å²) < 4.78 is 26.8. The van der Waals surface area contributed by atoms with Crippen molar-refractivity contribution in [2.24, 2.45) is 0 Å². The lowest BCUT2D eigenvalue weighted by molar-refractivity contribution is 0.600. The molecular formula is C15H18N2O3S. The lowest BCUT2D eigenvalue weighted by Crippen LogP contribution is -2.15. The minimum absolute atomic E-state index is 0.0214. The summed E-state index contributed by atoms with van der Waals surface area (Å²) in [7, 11) is -3.69. The average Bonchev–Trinajstić information content (AvgIpc) is 2.47. The zero-order valence-corrected chi connectivity index (χ0v) is 12.8. The minimum atomic E-state index is -3.69. The number of hydrogen-bond acceptors (Lipinski definition) is 3. The Labute approximate surface area is 124 Å². The van der Waals surface area contributed by atoms with E-state index in [9.17, 15) is 13.2 Å². The number of aromatic amines is 1. The minimum Gasteiger partial charge on any atom is -0.328 e. The molecule has 5 nitrogen and oxygen atoms in total. The lowest BCUT2D eigenvalue weighted by atomic mass is 9.99. The summed E-state index contributed by atoms with van der Waals surface area (Å²) in [6, 6.07) is 9.77. The third-order valence-corrected chi connectivity index (χ3v) is 4.79. The molecule has 1 unspecified atom stereocenters. The molecule has 0 amide bonds. The molecule has 0 saturated carbocycles. The molecule has 112 valence electrons. The van der Waals surface area contributed by atoms with Gasteiger partial charge in [0.05, 0.1) is 0 Å². The number of pyridine rings is 1. The van der Waals surface area contributed by atoms with E-state index in [-0.39, 0.29) is 10.5 Å².